The molecule has 1 atom stereocenters. The molecule has 4 aromatic rings. The maximum Gasteiger partial charge on any atom is 0.336 e. The van der Waals surface area contributed by atoms with Gasteiger partial charge in [0.15, 0.2) is 0 Å². The van der Waals surface area contributed by atoms with Crippen molar-refractivity contribution < 1.29 is 19.1 Å². The molecule has 2 aromatic heterocycles. The van der Waals surface area contributed by atoms with Crippen molar-refractivity contribution in [1.82, 2.24) is 14.7 Å². The van der Waals surface area contributed by atoms with Crippen LogP contribution in [0.4, 0.5) is 0 Å². The number of hydrogen-bond donors (Lipinski definition) is 1. The minimum Gasteiger partial charge on any atom is -0.491 e. The molecule has 0 bridgehead atoms. The van der Waals surface area contributed by atoms with E-state index in [-0.39, 0.29) is 12.3 Å². The highest BCUT2D eigenvalue weighted by molar-refractivity contribution is 5.87. The third kappa shape index (κ3) is 5.04. The standard InChI is InChI=1S/C28H29N3O5/c1-19-4-6-23-20(17-27(33)36-25(23)14-19)16-26(32)30-12-13-35-24-7-5-22(15-21(24)18-30)28(2,34)8-11-31-10-3-9-29-31/h3-7,9-10,14-15,17,34H,8,11-13,16,18H2,1-2H3/t28-/m0/s1. The van der Waals surface area contributed by atoms with Crippen molar-refractivity contribution >= 4 is 16.9 Å². The average molecular weight is 488 g/mol. The summed E-state index contributed by atoms with van der Waals surface area (Å²) in [5.74, 6) is 0.605. The lowest BCUT2D eigenvalue weighted by Crippen LogP contribution is -2.34. The lowest BCUT2D eigenvalue weighted by atomic mass is 9.91. The Kier molecular flexibility index (Phi) is 6.36. The first-order chi connectivity index (χ1) is 17.3. The summed E-state index contributed by atoms with van der Waals surface area (Å²) in [4.78, 5) is 27.2. The zero-order valence-electron chi connectivity index (χ0n) is 20.4. The van der Waals surface area contributed by atoms with E-state index in [1.165, 1.54) is 6.07 Å². The summed E-state index contributed by atoms with van der Waals surface area (Å²) in [7, 11) is 0. The average Bonchev–Trinajstić information content (AvgIpc) is 3.27. The normalized spacial score (nSPS) is 15.1. The van der Waals surface area contributed by atoms with Gasteiger partial charge in [0.1, 0.15) is 17.9 Å². The lowest BCUT2D eigenvalue weighted by molar-refractivity contribution is -0.131. The van der Waals surface area contributed by atoms with E-state index in [0.717, 1.165) is 22.1 Å². The van der Waals surface area contributed by atoms with Crippen LogP contribution < -0.4 is 10.4 Å². The summed E-state index contributed by atoms with van der Waals surface area (Å²) in [6, 6.07) is 14.5. The molecule has 0 spiro atoms. The van der Waals surface area contributed by atoms with Gasteiger partial charge in [0.05, 0.1) is 18.6 Å². The van der Waals surface area contributed by atoms with Crippen LogP contribution >= 0.6 is 0 Å². The number of aliphatic hydroxyl groups is 1. The van der Waals surface area contributed by atoms with Crippen LogP contribution in [-0.2, 0) is 29.9 Å². The van der Waals surface area contributed by atoms with Gasteiger partial charge in [-0.25, -0.2) is 4.79 Å². The molecule has 0 aliphatic carbocycles. The molecule has 8 nitrogen and oxygen atoms in total. The van der Waals surface area contributed by atoms with Crippen molar-refractivity contribution in [2.75, 3.05) is 13.2 Å². The number of rotatable bonds is 6. The molecular formula is C28H29N3O5. The molecule has 1 N–H and O–H groups in total. The minimum absolute atomic E-state index is 0.0851. The Morgan fingerprint density at radius 3 is 2.86 bits per heavy atom. The number of benzene rings is 2. The molecule has 5 rings (SSSR count). The van der Waals surface area contributed by atoms with Crippen molar-refractivity contribution in [3.63, 3.8) is 0 Å². The van der Waals surface area contributed by atoms with Crippen LogP contribution in [0, 0.1) is 6.92 Å². The first-order valence-corrected chi connectivity index (χ1v) is 12.1. The van der Waals surface area contributed by atoms with E-state index in [2.05, 4.69) is 5.10 Å². The van der Waals surface area contributed by atoms with E-state index in [1.54, 1.807) is 28.8 Å². The molecule has 2 aromatic carbocycles. The van der Waals surface area contributed by atoms with Crippen LogP contribution in [0.2, 0.25) is 0 Å². The van der Waals surface area contributed by atoms with E-state index in [4.69, 9.17) is 9.15 Å². The van der Waals surface area contributed by atoms with E-state index in [9.17, 15) is 14.7 Å². The van der Waals surface area contributed by atoms with Gasteiger partial charge in [0, 0.05) is 42.5 Å². The van der Waals surface area contributed by atoms with Crippen LogP contribution in [0.5, 0.6) is 5.75 Å². The number of amides is 1. The van der Waals surface area contributed by atoms with E-state index in [0.29, 0.717) is 49.6 Å². The van der Waals surface area contributed by atoms with Crippen LogP contribution in [0.15, 0.2) is 70.1 Å². The van der Waals surface area contributed by atoms with Crippen molar-refractivity contribution in [2.24, 2.45) is 0 Å². The molecule has 1 amide bonds. The highest BCUT2D eigenvalue weighted by Crippen LogP contribution is 2.32. The number of aromatic nitrogens is 2. The zero-order valence-corrected chi connectivity index (χ0v) is 20.4. The van der Waals surface area contributed by atoms with Gasteiger partial charge in [0.2, 0.25) is 5.91 Å². The van der Waals surface area contributed by atoms with E-state index >= 15 is 0 Å². The maximum absolute atomic E-state index is 13.3. The van der Waals surface area contributed by atoms with Gasteiger partial charge < -0.3 is 19.2 Å². The highest BCUT2D eigenvalue weighted by atomic mass is 16.5. The molecule has 0 radical (unpaired) electrons. The number of ether oxygens (including phenoxy) is 1. The second-order valence-corrected chi connectivity index (χ2v) is 9.55. The first-order valence-electron chi connectivity index (χ1n) is 12.1. The number of hydrogen-bond acceptors (Lipinski definition) is 6. The Labute approximate surface area is 208 Å². The Hall–Kier alpha value is -3.91. The third-order valence-electron chi connectivity index (χ3n) is 6.73. The molecule has 0 fully saturated rings. The second-order valence-electron chi connectivity index (χ2n) is 9.55. The fourth-order valence-electron chi connectivity index (χ4n) is 4.61. The van der Waals surface area contributed by atoms with E-state index in [1.807, 2.05) is 49.5 Å². The van der Waals surface area contributed by atoms with Crippen LogP contribution in [0.3, 0.4) is 0 Å². The first kappa shape index (κ1) is 23.8. The molecular weight excluding hydrogens is 458 g/mol. The Morgan fingerprint density at radius 1 is 1.19 bits per heavy atom. The molecule has 0 saturated carbocycles. The van der Waals surface area contributed by atoms with Gasteiger partial charge in [-0.1, -0.05) is 18.2 Å². The summed E-state index contributed by atoms with van der Waals surface area (Å²) >= 11 is 0. The number of carbonyl (C=O) groups is 1. The predicted octanol–water partition coefficient (Wildman–Crippen LogP) is 3.56. The maximum atomic E-state index is 13.3. The number of fused-ring (bicyclic) bond motifs is 2. The highest BCUT2D eigenvalue weighted by Gasteiger charge is 2.27. The Bertz CT molecular complexity index is 1460. The number of aryl methyl sites for hydroxylation is 2. The van der Waals surface area contributed by atoms with Crippen LogP contribution in [0.1, 0.15) is 35.6 Å². The van der Waals surface area contributed by atoms with Gasteiger partial charge in [-0.2, -0.15) is 5.10 Å². The zero-order chi connectivity index (χ0) is 25.3. The Morgan fingerprint density at radius 2 is 2.06 bits per heavy atom. The van der Waals surface area contributed by atoms with Gasteiger partial charge in [-0.05, 0) is 61.2 Å². The quantitative estimate of drug-likeness (QED) is 0.418. The molecule has 1 aliphatic heterocycles. The fourth-order valence-corrected chi connectivity index (χ4v) is 4.61. The topological polar surface area (TPSA) is 97.8 Å². The molecule has 3 heterocycles. The SMILES string of the molecule is Cc1ccc2c(CC(=O)N3CCOc4ccc([C@@](C)(O)CCn5cccn5)cc4C3)cc(=O)oc2c1. The molecule has 0 saturated heterocycles. The van der Waals surface area contributed by atoms with Crippen molar-refractivity contribution in [2.45, 2.75) is 45.4 Å². The summed E-state index contributed by atoms with van der Waals surface area (Å²) in [6.07, 6.45) is 4.15. The minimum atomic E-state index is -1.07. The van der Waals surface area contributed by atoms with E-state index < -0.39 is 11.2 Å². The van der Waals surface area contributed by atoms with Crippen molar-refractivity contribution in [1.29, 1.82) is 0 Å². The summed E-state index contributed by atoms with van der Waals surface area (Å²) in [5, 5.41) is 16.1. The monoisotopic (exact) mass is 487 g/mol. The fraction of sp³-hybridized carbons (Fsp3) is 0.321. The molecule has 186 valence electrons. The van der Waals surface area contributed by atoms with Gasteiger partial charge in [-0.3, -0.25) is 9.48 Å². The molecule has 0 unspecified atom stereocenters. The molecule has 8 heteroatoms. The largest absolute Gasteiger partial charge is 0.491 e. The summed E-state index contributed by atoms with van der Waals surface area (Å²) < 4.78 is 13.0. The van der Waals surface area contributed by atoms with Crippen LogP contribution in [-0.4, -0.2) is 38.8 Å². The van der Waals surface area contributed by atoms with Gasteiger partial charge >= 0.3 is 5.63 Å². The van der Waals surface area contributed by atoms with Crippen LogP contribution in [0.25, 0.3) is 11.0 Å². The lowest BCUT2D eigenvalue weighted by Gasteiger charge is -2.25. The predicted molar refractivity (Wildman–Crippen MR) is 135 cm³/mol. The summed E-state index contributed by atoms with van der Waals surface area (Å²) in [6.45, 7) is 5.44. The number of carbonyl (C=O) groups excluding carboxylic acids is 1. The smallest absolute Gasteiger partial charge is 0.336 e. The molecule has 36 heavy (non-hydrogen) atoms. The summed E-state index contributed by atoms with van der Waals surface area (Å²) in [5.41, 5.74) is 2.16. The van der Waals surface area contributed by atoms with Crippen molar-refractivity contribution in [3.8, 4) is 5.75 Å². The van der Waals surface area contributed by atoms with Gasteiger partial charge in [0.25, 0.3) is 0 Å². The number of nitrogens with zero attached hydrogens (tertiary/aromatic N) is 3. The third-order valence-corrected chi connectivity index (χ3v) is 6.73. The van der Waals surface area contributed by atoms with Gasteiger partial charge in [-0.15, -0.1) is 0 Å². The molecule has 1 aliphatic rings. The second kappa shape index (κ2) is 9.62. The Balaban J connectivity index is 1.36. The van der Waals surface area contributed by atoms with Crippen molar-refractivity contribution in [3.05, 3.63) is 93.6 Å².